The molecule has 0 aliphatic rings. The predicted octanol–water partition coefficient (Wildman–Crippen LogP) is 0.187. The van der Waals surface area contributed by atoms with E-state index in [0.717, 1.165) is 14.7 Å². The van der Waals surface area contributed by atoms with E-state index in [9.17, 15) is 14.9 Å². The van der Waals surface area contributed by atoms with E-state index >= 15 is 0 Å². The number of hydrogen-bond acceptors (Lipinski definition) is 6. The van der Waals surface area contributed by atoms with Crippen molar-refractivity contribution in [3.63, 3.8) is 0 Å². The molecule has 3 rings (SSSR count). The van der Waals surface area contributed by atoms with Crippen LogP contribution in [-0.4, -0.2) is 24.8 Å². The molecule has 24 heavy (non-hydrogen) atoms. The lowest BCUT2D eigenvalue weighted by Crippen LogP contribution is -2.38. The minimum atomic E-state index is -0.668. The summed E-state index contributed by atoms with van der Waals surface area (Å²) in [5.41, 5.74) is 5.62. The van der Waals surface area contributed by atoms with Gasteiger partial charge in [-0.25, -0.2) is 14.8 Å². The first-order valence-corrected chi connectivity index (χ1v) is 6.93. The summed E-state index contributed by atoms with van der Waals surface area (Å²) >= 11 is 0. The van der Waals surface area contributed by atoms with Gasteiger partial charge in [0.15, 0.2) is 17.4 Å². The van der Waals surface area contributed by atoms with Crippen molar-refractivity contribution >= 4 is 28.3 Å². The second-order valence-electron chi connectivity index (χ2n) is 5.12. The molecule has 9 heteroatoms. The molecule has 0 aliphatic carbocycles. The van der Waals surface area contributed by atoms with E-state index in [-0.39, 0.29) is 23.0 Å². The topological polar surface area (TPSA) is 135 Å². The molecule has 1 aromatic carbocycles. The maximum Gasteiger partial charge on any atom is 0.332 e. The van der Waals surface area contributed by atoms with Crippen LogP contribution in [0.1, 0.15) is 5.82 Å². The van der Waals surface area contributed by atoms with Gasteiger partial charge >= 0.3 is 5.69 Å². The molecule has 0 bridgehead atoms. The first-order valence-electron chi connectivity index (χ1n) is 6.93. The normalized spacial score (nSPS) is 11.6. The number of aromatic amines is 1. The monoisotopic (exact) mass is 323 g/mol. The van der Waals surface area contributed by atoms with Gasteiger partial charge in [0.05, 0.1) is 11.0 Å². The fourth-order valence-corrected chi connectivity index (χ4v) is 2.30. The summed E-state index contributed by atoms with van der Waals surface area (Å²) in [6.07, 6.45) is 0. The largest absolute Gasteiger partial charge is 0.391 e. The van der Waals surface area contributed by atoms with Gasteiger partial charge in [0, 0.05) is 14.1 Å². The molecule has 0 saturated carbocycles. The molecule has 9 nitrogen and oxygen atoms in total. The van der Waals surface area contributed by atoms with E-state index < -0.39 is 11.2 Å². The number of imidazole rings is 1. The van der Waals surface area contributed by atoms with Crippen molar-refractivity contribution in [2.24, 2.45) is 19.1 Å². The number of aromatic nitrogens is 4. The molecular formula is C15H13N7O2. The minimum Gasteiger partial charge on any atom is -0.391 e. The molecule has 2 heterocycles. The van der Waals surface area contributed by atoms with Gasteiger partial charge in [-0.15, -0.1) is 0 Å². The van der Waals surface area contributed by atoms with Gasteiger partial charge in [-0.2, -0.15) is 5.26 Å². The zero-order chi connectivity index (χ0) is 17.4. The van der Waals surface area contributed by atoms with Gasteiger partial charge in [-0.05, 0) is 12.1 Å². The van der Waals surface area contributed by atoms with E-state index in [1.165, 1.54) is 14.1 Å². The smallest absolute Gasteiger partial charge is 0.332 e. The third-order valence-corrected chi connectivity index (χ3v) is 3.60. The van der Waals surface area contributed by atoms with Crippen LogP contribution in [0.2, 0.25) is 0 Å². The maximum absolute atomic E-state index is 12.0. The van der Waals surface area contributed by atoms with Crippen molar-refractivity contribution in [2.75, 3.05) is 5.73 Å². The Morgan fingerprint density at radius 2 is 2.00 bits per heavy atom. The van der Waals surface area contributed by atoms with Crippen LogP contribution in [0, 0.1) is 11.3 Å². The molecule has 2 aromatic heterocycles. The van der Waals surface area contributed by atoms with Gasteiger partial charge in [0.25, 0.3) is 5.56 Å². The summed E-state index contributed by atoms with van der Waals surface area (Å²) in [5.74, 6) is 0.145. The number of nitrogens with zero attached hydrogens (tertiary/aromatic N) is 5. The second-order valence-corrected chi connectivity index (χ2v) is 5.12. The lowest BCUT2D eigenvalue weighted by molar-refractivity contribution is 0.693. The molecule has 3 N–H and O–H groups in total. The molecule has 0 fully saturated rings. The zero-order valence-electron chi connectivity index (χ0n) is 12.9. The highest BCUT2D eigenvalue weighted by molar-refractivity contribution is 6.11. The fourth-order valence-electron chi connectivity index (χ4n) is 2.30. The Morgan fingerprint density at radius 1 is 1.29 bits per heavy atom. The van der Waals surface area contributed by atoms with Gasteiger partial charge in [0.2, 0.25) is 0 Å². The number of hydrogen-bond donors (Lipinski definition) is 2. The van der Waals surface area contributed by atoms with Crippen LogP contribution in [0.3, 0.4) is 0 Å². The molecule has 0 radical (unpaired) electrons. The second kappa shape index (κ2) is 5.51. The van der Waals surface area contributed by atoms with Gasteiger partial charge in [0.1, 0.15) is 11.8 Å². The van der Waals surface area contributed by atoms with E-state index in [1.54, 1.807) is 6.07 Å². The summed E-state index contributed by atoms with van der Waals surface area (Å²) in [5, 5.41) is 9.39. The number of nitrogens with one attached hydrogen (secondary N) is 1. The van der Waals surface area contributed by atoms with Crippen molar-refractivity contribution in [1.29, 1.82) is 5.26 Å². The number of H-pyrrole nitrogens is 1. The van der Waals surface area contributed by atoms with Crippen LogP contribution in [0.4, 0.5) is 11.5 Å². The quantitative estimate of drug-likeness (QED) is 0.649. The van der Waals surface area contributed by atoms with Crippen molar-refractivity contribution in [3.05, 3.63) is 50.9 Å². The average molecular weight is 323 g/mol. The van der Waals surface area contributed by atoms with Crippen LogP contribution in [0.25, 0.3) is 11.0 Å². The number of nitriles is 1. The lowest BCUT2D eigenvalue weighted by atomic mass is 10.3. The highest BCUT2D eigenvalue weighted by atomic mass is 16.2. The van der Waals surface area contributed by atoms with Crippen molar-refractivity contribution in [1.82, 2.24) is 19.1 Å². The maximum atomic E-state index is 12.0. The number of para-hydroxylation sites is 2. The number of nitrogens with two attached hydrogens (primary N) is 1. The van der Waals surface area contributed by atoms with E-state index in [4.69, 9.17) is 5.73 Å². The fraction of sp³-hybridized carbons (Fsp3) is 0.133. The third-order valence-electron chi connectivity index (χ3n) is 3.60. The molecule has 0 unspecified atom stereocenters. The van der Waals surface area contributed by atoms with Crippen molar-refractivity contribution in [3.8, 4) is 6.07 Å². The van der Waals surface area contributed by atoms with E-state index in [0.29, 0.717) is 5.52 Å². The highest BCUT2D eigenvalue weighted by Gasteiger charge is 2.15. The van der Waals surface area contributed by atoms with Crippen LogP contribution in [0.15, 0.2) is 38.8 Å². The Kier molecular flexibility index (Phi) is 3.50. The van der Waals surface area contributed by atoms with Gasteiger partial charge in [-0.3, -0.25) is 13.9 Å². The average Bonchev–Trinajstić information content (AvgIpc) is 3.02. The minimum absolute atomic E-state index is 0.0823. The molecule has 0 saturated heterocycles. The Balaban J connectivity index is 2.25. The van der Waals surface area contributed by atoms with Crippen LogP contribution < -0.4 is 17.0 Å². The van der Waals surface area contributed by atoms with E-state index in [2.05, 4.69) is 15.0 Å². The molecule has 0 atom stereocenters. The Bertz CT molecular complexity index is 1070. The number of rotatable bonds is 2. The molecule has 0 aliphatic heterocycles. The van der Waals surface area contributed by atoms with E-state index in [1.807, 2.05) is 24.3 Å². The van der Waals surface area contributed by atoms with Crippen molar-refractivity contribution in [2.45, 2.75) is 0 Å². The number of aliphatic imine (C=N–C) groups is 1. The number of fused-ring (bicyclic) bond motifs is 1. The molecule has 0 spiro atoms. The summed E-state index contributed by atoms with van der Waals surface area (Å²) in [4.78, 5) is 35.3. The first-order chi connectivity index (χ1) is 11.4. The van der Waals surface area contributed by atoms with Crippen LogP contribution >= 0.6 is 0 Å². The molecular weight excluding hydrogens is 310 g/mol. The third kappa shape index (κ3) is 2.26. The molecule has 120 valence electrons. The summed E-state index contributed by atoms with van der Waals surface area (Å²) in [6, 6.07) is 9.15. The lowest BCUT2D eigenvalue weighted by Gasteiger charge is -2.08. The summed E-state index contributed by atoms with van der Waals surface area (Å²) < 4.78 is 1.98. The zero-order valence-corrected chi connectivity index (χ0v) is 12.9. The van der Waals surface area contributed by atoms with Gasteiger partial charge in [-0.1, -0.05) is 12.1 Å². The van der Waals surface area contributed by atoms with Gasteiger partial charge < -0.3 is 10.7 Å². The number of anilines is 1. The number of nitrogen functional groups attached to an aromatic ring is 1. The summed E-state index contributed by atoms with van der Waals surface area (Å²) in [6.45, 7) is 0. The number of benzene rings is 1. The Hall–Kier alpha value is -3.67. The SMILES string of the molecule is Cn1c(/N=C(\C#N)c2nc3ccccc3[nH]2)c(N)c(=O)n(C)c1=O. The molecule has 3 aromatic rings. The van der Waals surface area contributed by atoms with Crippen LogP contribution in [0.5, 0.6) is 0 Å². The standard InChI is InChI=1S/C15H13N7O2/c1-21-13(11(17)14(23)22(2)15(21)24)20-10(7-16)12-18-8-5-3-4-6-9(8)19-12/h3-6H,17H2,1-2H3,(H,18,19)/b20-10+. The Morgan fingerprint density at radius 3 is 2.67 bits per heavy atom. The molecule has 0 amide bonds. The van der Waals surface area contributed by atoms with Crippen LogP contribution in [-0.2, 0) is 14.1 Å². The predicted molar refractivity (Wildman–Crippen MR) is 89.2 cm³/mol. The Labute approximate surface area is 135 Å². The first kappa shape index (κ1) is 15.2. The summed E-state index contributed by atoms with van der Waals surface area (Å²) in [7, 11) is 2.74. The van der Waals surface area contributed by atoms with Crippen molar-refractivity contribution < 1.29 is 0 Å². The highest BCUT2D eigenvalue weighted by Crippen LogP contribution is 2.17.